The van der Waals surface area contributed by atoms with Gasteiger partial charge in [-0.05, 0) is 6.42 Å². The van der Waals surface area contributed by atoms with E-state index >= 15 is 0 Å². The van der Waals surface area contributed by atoms with Gasteiger partial charge in [-0.25, -0.2) is 0 Å². The molecule has 1 aliphatic carbocycles. The molecule has 0 aromatic rings. The van der Waals surface area contributed by atoms with E-state index in [1.54, 1.807) is 7.11 Å². The maximum absolute atomic E-state index is 5.21. The molecule has 1 saturated carbocycles. The molecule has 3 atom stereocenters. The van der Waals surface area contributed by atoms with E-state index in [1.807, 2.05) is 0 Å². The summed E-state index contributed by atoms with van der Waals surface area (Å²) < 4.78 is 5.21. The lowest BCUT2D eigenvalue weighted by Crippen LogP contribution is -2.43. The van der Waals surface area contributed by atoms with Crippen molar-refractivity contribution in [3.8, 4) is 0 Å². The maximum atomic E-state index is 5.21. The second kappa shape index (κ2) is 1.45. The molecule has 2 aliphatic heterocycles. The summed E-state index contributed by atoms with van der Waals surface area (Å²) >= 11 is 0. The zero-order chi connectivity index (χ0) is 5.56. The molecule has 3 aliphatic rings. The summed E-state index contributed by atoms with van der Waals surface area (Å²) in [4.78, 5) is 0. The van der Waals surface area contributed by atoms with Crippen LogP contribution in [0.15, 0.2) is 0 Å². The SMILES string of the molecule is COC1C2CNC1C2. The molecule has 1 N–H and O–H groups in total. The van der Waals surface area contributed by atoms with Gasteiger partial charge < -0.3 is 10.1 Å². The van der Waals surface area contributed by atoms with Crippen molar-refractivity contribution in [3.05, 3.63) is 0 Å². The predicted molar refractivity (Wildman–Crippen MR) is 30.7 cm³/mol. The van der Waals surface area contributed by atoms with Crippen molar-refractivity contribution < 1.29 is 4.74 Å². The van der Waals surface area contributed by atoms with Crippen LogP contribution in [0.3, 0.4) is 0 Å². The molecule has 0 amide bonds. The van der Waals surface area contributed by atoms with E-state index in [0.717, 1.165) is 5.92 Å². The fourth-order valence-corrected chi connectivity index (χ4v) is 1.79. The highest BCUT2D eigenvalue weighted by Crippen LogP contribution is 2.35. The fraction of sp³-hybridized carbons (Fsp3) is 1.00. The standard InChI is InChI=1S/C6H11NO/c1-8-6-4-2-5(6)7-3-4/h4-7H,2-3H2,1H3. The van der Waals surface area contributed by atoms with E-state index in [2.05, 4.69) is 5.32 Å². The molecule has 3 unspecified atom stereocenters. The second-order valence-corrected chi connectivity index (χ2v) is 2.71. The molecule has 2 nitrogen and oxygen atoms in total. The minimum absolute atomic E-state index is 0.551. The van der Waals surface area contributed by atoms with Gasteiger partial charge in [0.15, 0.2) is 0 Å². The molecule has 0 spiro atoms. The third kappa shape index (κ3) is 0.400. The highest BCUT2D eigenvalue weighted by molar-refractivity contribution is 5.03. The van der Waals surface area contributed by atoms with Crippen LogP contribution in [-0.2, 0) is 4.74 Å². The van der Waals surface area contributed by atoms with Gasteiger partial charge in [0.25, 0.3) is 0 Å². The molecule has 2 saturated heterocycles. The van der Waals surface area contributed by atoms with E-state index < -0.39 is 0 Å². The van der Waals surface area contributed by atoms with Gasteiger partial charge in [-0.2, -0.15) is 0 Å². The van der Waals surface area contributed by atoms with Crippen LogP contribution in [0.5, 0.6) is 0 Å². The van der Waals surface area contributed by atoms with Crippen LogP contribution in [0, 0.1) is 5.92 Å². The normalized spacial score (nSPS) is 51.4. The summed E-state index contributed by atoms with van der Waals surface area (Å²) in [6.07, 6.45) is 1.90. The lowest BCUT2D eigenvalue weighted by Gasteiger charge is -2.32. The number of hydrogen-bond donors (Lipinski definition) is 1. The Morgan fingerprint density at radius 3 is 2.75 bits per heavy atom. The van der Waals surface area contributed by atoms with Crippen molar-refractivity contribution in [1.29, 1.82) is 0 Å². The summed E-state index contributed by atoms with van der Waals surface area (Å²) in [6.45, 7) is 1.18. The van der Waals surface area contributed by atoms with Crippen LogP contribution >= 0.6 is 0 Å². The Bertz CT molecular complexity index is 90.7. The van der Waals surface area contributed by atoms with Gasteiger partial charge in [-0.1, -0.05) is 0 Å². The number of rotatable bonds is 1. The van der Waals surface area contributed by atoms with Crippen molar-refractivity contribution in [2.24, 2.45) is 5.92 Å². The predicted octanol–water partition coefficient (Wildman–Crippen LogP) is -0.00690. The number of fused-ring (bicyclic) bond motifs is 1. The monoisotopic (exact) mass is 113 g/mol. The van der Waals surface area contributed by atoms with E-state index in [0.29, 0.717) is 12.1 Å². The molecule has 2 heteroatoms. The molecule has 0 aromatic carbocycles. The van der Waals surface area contributed by atoms with Gasteiger partial charge >= 0.3 is 0 Å². The van der Waals surface area contributed by atoms with E-state index in [4.69, 9.17) is 4.74 Å². The lowest BCUT2D eigenvalue weighted by atomic mass is 9.83. The van der Waals surface area contributed by atoms with Crippen molar-refractivity contribution >= 4 is 0 Å². The van der Waals surface area contributed by atoms with Crippen LogP contribution in [-0.4, -0.2) is 25.8 Å². The average Bonchev–Trinajstić information content (AvgIpc) is 2.19. The quantitative estimate of drug-likeness (QED) is 0.516. The Balaban J connectivity index is 2.02. The highest BCUT2D eigenvalue weighted by atomic mass is 16.5. The Morgan fingerprint density at radius 1 is 1.62 bits per heavy atom. The summed E-state index contributed by atoms with van der Waals surface area (Å²) in [5.74, 6) is 0.838. The van der Waals surface area contributed by atoms with Gasteiger partial charge in [-0.15, -0.1) is 0 Å². The molecular formula is C6H11NO. The lowest BCUT2D eigenvalue weighted by molar-refractivity contribution is 0.000685. The van der Waals surface area contributed by atoms with E-state index in [9.17, 15) is 0 Å². The zero-order valence-electron chi connectivity index (χ0n) is 5.05. The molecule has 8 heavy (non-hydrogen) atoms. The number of methoxy groups -OCH3 is 1. The van der Waals surface area contributed by atoms with E-state index in [1.165, 1.54) is 13.0 Å². The molecule has 0 radical (unpaired) electrons. The topological polar surface area (TPSA) is 21.3 Å². The van der Waals surface area contributed by atoms with E-state index in [-0.39, 0.29) is 0 Å². The van der Waals surface area contributed by atoms with Crippen molar-refractivity contribution in [1.82, 2.24) is 5.32 Å². The van der Waals surface area contributed by atoms with Gasteiger partial charge in [0.1, 0.15) is 0 Å². The Hall–Kier alpha value is -0.0800. The first kappa shape index (κ1) is 4.77. The summed E-state index contributed by atoms with van der Waals surface area (Å²) in [7, 11) is 1.80. The maximum Gasteiger partial charge on any atom is 0.0765 e. The van der Waals surface area contributed by atoms with Crippen molar-refractivity contribution in [3.63, 3.8) is 0 Å². The Kier molecular flexibility index (Phi) is 0.866. The fourth-order valence-electron chi connectivity index (χ4n) is 1.79. The summed E-state index contributed by atoms with van der Waals surface area (Å²) in [6, 6.07) is 0.699. The van der Waals surface area contributed by atoms with Crippen LogP contribution in [0.2, 0.25) is 0 Å². The highest BCUT2D eigenvalue weighted by Gasteiger charge is 2.46. The van der Waals surface area contributed by atoms with Crippen molar-refractivity contribution in [2.45, 2.75) is 18.6 Å². The van der Waals surface area contributed by atoms with Gasteiger partial charge in [0, 0.05) is 25.6 Å². The molecule has 2 bridgehead atoms. The molecule has 3 fully saturated rings. The largest absolute Gasteiger partial charge is 0.379 e. The van der Waals surface area contributed by atoms with Crippen LogP contribution in [0.25, 0.3) is 0 Å². The Morgan fingerprint density at radius 2 is 2.50 bits per heavy atom. The van der Waals surface area contributed by atoms with Crippen molar-refractivity contribution in [2.75, 3.05) is 13.7 Å². The molecule has 3 rings (SSSR count). The molecule has 46 valence electrons. The third-order valence-electron chi connectivity index (χ3n) is 2.33. The first-order valence-corrected chi connectivity index (χ1v) is 3.18. The summed E-state index contributed by atoms with van der Waals surface area (Å²) in [5, 5.41) is 3.37. The third-order valence-corrected chi connectivity index (χ3v) is 2.33. The second-order valence-electron chi connectivity index (χ2n) is 2.71. The Labute approximate surface area is 49.2 Å². The number of ether oxygens (including phenoxy) is 1. The average molecular weight is 113 g/mol. The first-order valence-electron chi connectivity index (χ1n) is 3.18. The van der Waals surface area contributed by atoms with Crippen LogP contribution < -0.4 is 5.32 Å². The van der Waals surface area contributed by atoms with Crippen LogP contribution in [0.1, 0.15) is 6.42 Å². The molecular weight excluding hydrogens is 102 g/mol. The smallest absolute Gasteiger partial charge is 0.0765 e. The minimum atomic E-state index is 0.551. The molecule has 2 heterocycles. The minimum Gasteiger partial charge on any atom is -0.379 e. The van der Waals surface area contributed by atoms with Gasteiger partial charge in [-0.3, -0.25) is 0 Å². The molecule has 0 aromatic heterocycles. The van der Waals surface area contributed by atoms with Crippen LogP contribution in [0.4, 0.5) is 0 Å². The number of hydrogen-bond acceptors (Lipinski definition) is 2. The first-order chi connectivity index (χ1) is 3.92. The summed E-state index contributed by atoms with van der Waals surface area (Å²) in [5.41, 5.74) is 0. The van der Waals surface area contributed by atoms with Gasteiger partial charge in [0.2, 0.25) is 0 Å². The van der Waals surface area contributed by atoms with Gasteiger partial charge in [0.05, 0.1) is 6.10 Å². The number of nitrogens with one attached hydrogen (secondary N) is 1. The zero-order valence-corrected chi connectivity index (χ0v) is 5.05.